The first-order valence-corrected chi connectivity index (χ1v) is 8.72. The Labute approximate surface area is 157 Å². The van der Waals surface area contributed by atoms with E-state index in [4.69, 9.17) is 0 Å². The molecule has 1 aromatic carbocycles. The van der Waals surface area contributed by atoms with Gasteiger partial charge in [0.05, 0.1) is 5.69 Å². The summed E-state index contributed by atoms with van der Waals surface area (Å²) in [5, 5.41) is 3.11. The van der Waals surface area contributed by atoms with Crippen LogP contribution in [0.25, 0.3) is 0 Å². The predicted molar refractivity (Wildman–Crippen MR) is 104 cm³/mol. The zero-order valence-corrected chi connectivity index (χ0v) is 15.3. The van der Waals surface area contributed by atoms with E-state index >= 15 is 0 Å². The first-order chi connectivity index (χ1) is 13.1. The van der Waals surface area contributed by atoms with E-state index in [1.165, 1.54) is 16.5 Å². The van der Waals surface area contributed by atoms with Crippen molar-refractivity contribution in [2.45, 2.75) is 26.3 Å². The highest BCUT2D eigenvalue weighted by Gasteiger charge is 2.15. The van der Waals surface area contributed by atoms with Crippen LogP contribution in [0.2, 0.25) is 0 Å². The van der Waals surface area contributed by atoms with E-state index in [0.717, 1.165) is 5.56 Å². The molecule has 1 amide bonds. The van der Waals surface area contributed by atoms with Crippen molar-refractivity contribution >= 4 is 23.6 Å². The van der Waals surface area contributed by atoms with Crippen LogP contribution in [0.5, 0.6) is 0 Å². The average Bonchev–Trinajstić information content (AvgIpc) is 2.69. The standard InChI is InChI=1S/C21H21FN4O/c1-15(2)17-3-5-18(6-4-17)26(14-27)19-7-8-20(22)25-21(19)24-13-16-9-11-23-12-10-16/h3-12,14-15H,13H2,1-2H3,(H,24,25). The van der Waals surface area contributed by atoms with Crippen LogP contribution >= 0.6 is 0 Å². The molecule has 0 atom stereocenters. The average molecular weight is 364 g/mol. The molecule has 0 radical (unpaired) electrons. The highest BCUT2D eigenvalue weighted by molar-refractivity contribution is 5.90. The number of nitrogens with zero attached hydrogens (tertiary/aromatic N) is 3. The molecule has 6 heteroatoms. The maximum absolute atomic E-state index is 13.7. The number of aromatic nitrogens is 2. The molecular weight excluding hydrogens is 343 g/mol. The number of nitrogens with one attached hydrogen (secondary N) is 1. The Kier molecular flexibility index (Phi) is 5.76. The normalized spacial score (nSPS) is 10.7. The number of hydrogen-bond donors (Lipinski definition) is 1. The second-order valence-corrected chi connectivity index (χ2v) is 6.43. The van der Waals surface area contributed by atoms with Gasteiger partial charge in [0.1, 0.15) is 0 Å². The number of rotatable bonds is 7. The van der Waals surface area contributed by atoms with Gasteiger partial charge in [-0.1, -0.05) is 26.0 Å². The fourth-order valence-electron chi connectivity index (χ4n) is 2.72. The Bertz CT molecular complexity index is 898. The lowest BCUT2D eigenvalue weighted by atomic mass is 10.0. The molecule has 0 fully saturated rings. The molecule has 0 spiro atoms. The van der Waals surface area contributed by atoms with Gasteiger partial charge in [0.25, 0.3) is 0 Å². The number of benzene rings is 1. The Morgan fingerprint density at radius 3 is 2.41 bits per heavy atom. The second kappa shape index (κ2) is 8.40. The highest BCUT2D eigenvalue weighted by Crippen LogP contribution is 2.31. The summed E-state index contributed by atoms with van der Waals surface area (Å²) in [4.78, 5) is 21.2. The van der Waals surface area contributed by atoms with Crippen molar-refractivity contribution in [1.82, 2.24) is 9.97 Å². The minimum absolute atomic E-state index is 0.298. The monoisotopic (exact) mass is 364 g/mol. The minimum Gasteiger partial charge on any atom is -0.364 e. The number of hydrogen-bond acceptors (Lipinski definition) is 4. The van der Waals surface area contributed by atoms with Crippen molar-refractivity contribution in [2.24, 2.45) is 0 Å². The summed E-state index contributed by atoms with van der Waals surface area (Å²) < 4.78 is 13.7. The number of halogens is 1. The van der Waals surface area contributed by atoms with Crippen LogP contribution in [-0.2, 0) is 11.3 Å². The highest BCUT2D eigenvalue weighted by atomic mass is 19.1. The van der Waals surface area contributed by atoms with Gasteiger partial charge in [0.15, 0.2) is 5.82 Å². The van der Waals surface area contributed by atoms with E-state index in [1.807, 2.05) is 36.4 Å². The summed E-state index contributed by atoms with van der Waals surface area (Å²) in [6.45, 7) is 4.65. The van der Waals surface area contributed by atoms with E-state index in [9.17, 15) is 9.18 Å². The van der Waals surface area contributed by atoms with Crippen molar-refractivity contribution in [1.29, 1.82) is 0 Å². The molecule has 0 aliphatic carbocycles. The van der Waals surface area contributed by atoms with E-state index < -0.39 is 5.95 Å². The van der Waals surface area contributed by atoms with Crippen LogP contribution in [-0.4, -0.2) is 16.4 Å². The first-order valence-electron chi connectivity index (χ1n) is 8.72. The van der Waals surface area contributed by atoms with Crippen LogP contribution in [0.3, 0.4) is 0 Å². The van der Waals surface area contributed by atoms with Crippen molar-refractivity contribution in [3.05, 3.63) is 78.0 Å². The Morgan fingerprint density at radius 2 is 1.78 bits per heavy atom. The summed E-state index contributed by atoms with van der Waals surface area (Å²) in [7, 11) is 0. The maximum Gasteiger partial charge on any atom is 0.218 e. The lowest BCUT2D eigenvalue weighted by Crippen LogP contribution is -2.17. The van der Waals surface area contributed by atoms with Crippen LogP contribution in [0.1, 0.15) is 30.9 Å². The zero-order valence-electron chi connectivity index (χ0n) is 15.3. The quantitative estimate of drug-likeness (QED) is 0.490. The lowest BCUT2D eigenvalue weighted by Gasteiger charge is -2.21. The summed E-state index contributed by atoms with van der Waals surface area (Å²) in [6.07, 6.45) is 4.08. The summed E-state index contributed by atoms with van der Waals surface area (Å²) in [5.41, 5.74) is 3.33. The molecule has 0 aliphatic rings. The number of pyridine rings is 2. The fourth-order valence-corrected chi connectivity index (χ4v) is 2.72. The molecule has 0 aliphatic heterocycles. The van der Waals surface area contributed by atoms with Crippen molar-refractivity contribution in [2.75, 3.05) is 10.2 Å². The topological polar surface area (TPSA) is 58.1 Å². The molecule has 2 aromatic heterocycles. The van der Waals surface area contributed by atoms with Gasteiger partial charge in [-0.25, -0.2) is 4.98 Å². The van der Waals surface area contributed by atoms with Gasteiger partial charge in [-0.3, -0.25) is 14.7 Å². The van der Waals surface area contributed by atoms with Gasteiger partial charge in [-0.15, -0.1) is 0 Å². The van der Waals surface area contributed by atoms with Gasteiger partial charge in [0.2, 0.25) is 12.4 Å². The predicted octanol–water partition coefficient (Wildman–Crippen LogP) is 4.65. The lowest BCUT2D eigenvalue weighted by molar-refractivity contribution is -0.106. The third-order valence-electron chi connectivity index (χ3n) is 4.25. The first kappa shape index (κ1) is 18.5. The van der Waals surface area contributed by atoms with E-state index in [1.54, 1.807) is 18.5 Å². The summed E-state index contributed by atoms with van der Waals surface area (Å²) >= 11 is 0. The molecule has 0 saturated carbocycles. The van der Waals surface area contributed by atoms with Gasteiger partial charge in [-0.05, 0) is 53.4 Å². The number of anilines is 3. The molecule has 1 N–H and O–H groups in total. The smallest absolute Gasteiger partial charge is 0.218 e. The molecule has 0 saturated heterocycles. The Hall–Kier alpha value is -3.28. The number of amides is 1. The molecule has 0 unspecified atom stereocenters. The Balaban J connectivity index is 1.90. The summed E-state index contributed by atoms with van der Waals surface area (Å²) in [5.74, 6) is 0.0811. The van der Waals surface area contributed by atoms with E-state index in [-0.39, 0.29) is 0 Å². The van der Waals surface area contributed by atoms with Crippen molar-refractivity contribution < 1.29 is 9.18 Å². The van der Waals surface area contributed by atoms with Gasteiger partial charge < -0.3 is 5.32 Å². The van der Waals surface area contributed by atoms with Gasteiger partial charge >= 0.3 is 0 Å². The van der Waals surface area contributed by atoms with Crippen LogP contribution in [0.15, 0.2) is 60.9 Å². The SMILES string of the molecule is CC(C)c1ccc(N(C=O)c2ccc(F)nc2NCc2ccncc2)cc1. The molecule has 138 valence electrons. The second-order valence-electron chi connectivity index (χ2n) is 6.43. The van der Waals surface area contributed by atoms with E-state index in [2.05, 4.69) is 29.1 Å². The van der Waals surface area contributed by atoms with Crippen LogP contribution in [0.4, 0.5) is 21.6 Å². The molecule has 27 heavy (non-hydrogen) atoms. The van der Waals surface area contributed by atoms with Crippen molar-refractivity contribution in [3.8, 4) is 0 Å². The van der Waals surface area contributed by atoms with Gasteiger partial charge in [0, 0.05) is 24.6 Å². The summed E-state index contributed by atoms with van der Waals surface area (Å²) in [6, 6.07) is 14.2. The van der Waals surface area contributed by atoms with Crippen LogP contribution < -0.4 is 10.2 Å². The fraction of sp³-hybridized carbons (Fsp3) is 0.190. The third kappa shape index (κ3) is 4.47. The number of carbonyl (C=O) groups is 1. The molecule has 0 bridgehead atoms. The Morgan fingerprint density at radius 1 is 1.07 bits per heavy atom. The van der Waals surface area contributed by atoms with Crippen molar-refractivity contribution in [3.63, 3.8) is 0 Å². The minimum atomic E-state index is -0.614. The largest absolute Gasteiger partial charge is 0.364 e. The number of carbonyl (C=O) groups excluding carboxylic acids is 1. The zero-order chi connectivity index (χ0) is 19.2. The van der Waals surface area contributed by atoms with Crippen LogP contribution in [0, 0.1) is 5.95 Å². The molecule has 2 heterocycles. The third-order valence-corrected chi connectivity index (χ3v) is 4.25. The molecular formula is C21H21FN4O. The maximum atomic E-state index is 13.7. The molecule has 3 rings (SSSR count). The van der Waals surface area contributed by atoms with Gasteiger partial charge in [-0.2, -0.15) is 4.39 Å². The van der Waals surface area contributed by atoms with E-state index in [0.29, 0.717) is 36.1 Å². The molecule has 5 nitrogen and oxygen atoms in total. The molecule has 3 aromatic rings.